The molecule has 1 N–H and O–H groups in total. The number of rotatable bonds is 5. The Morgan fingerprint density at radius 1 is 1.26 bits per heavy atom. The van der Waals surface area contributed by atoms with E-state index in [2.05, 4.69) is 15.5 Å². The van der Waals surface area contributed by atoms with E-state index in [1.807, 2.05) is 72.6 Å². The van der Waals surface area contributed by atoms with Crippen molar-refractivity contribution in [1.82, 2.24) is 24.9 Å². The van der Waals surface area contributed by atoms with Gasteiger partial charge in [-0.25, -0.2) is 4.68 Å². The maximum atomic E-state index is 12.8. The van der Waals surface area contributed by atoms with Gasteiger partial charge in [0.15, 0.2) is 0 Å². The second-order valence-electron chi connectivity index (χ2n) is 6.43. The fourth-order valence-corrected chi connectivity index (χ4v) is 4.31. The molecule has 0 radical (unpaired) electrons. The number of thiophene rings is 1. The van der Waals surface area contributed by atoms with Crippen LogP contribution in [0, 0.1) is 6.92 Å². The Bertz CT molecular complexity index is 1090. The molecule has 1 amide bonds. The second kappa shape index (κ2) is 7.00. The van der Waals surface area contributed by atoms with Crippen LogP contribution in [-0.4, -0.2) is 25.5 Å². The lowest BCUT2D eigenvalue weighted by atomic mass is 10.2. The average Bonchev–Trinajstić information content (AvgIpc) is 3.38. The molecule has 3 heterocycles. The highest BCUT2D eigenvalue weighted by atomic mass is 32.1. The van der Waals surface area contributed by atoms with Gasteiger partial charge in [0.1, 0.15) is 4.83 Å². The smallest absolute Gasteiger partial charge is 0.261 e. The third-order valence-electron chi connectivity index (χ3n) is 4.61. The van der Waals surface area contributed by atoms with Crippen LogP contribution in [0.1, 0.15) is 40.9 Å². The molecule has 0 saturated heterocycles. The standard InChI is InChI=1S/C20H21N5OS/c1-4-24-17(10-11-21-24)14(3)22-19(26)18-12-16-13(2)23-25(20(16)27-18)15-8-6-5-7-9-15/h5-12,14H,4H2,1-3H3,(H,22,26)/t14-/m0/s1. The predicted molar refractivity (Wildman–Crippen MR) is 107 cm³/mol. The molecule has 0 aliphatic rings. The first kappa shape index (κ1) is 17.5. The largest absolute Gasteiger partial charge is 0.343 e. The van der Waals surface area contributed by atoms with Crippen LogP contribution in [-0.2, 0) is 6.54 Å². The SMILES string of the molecule is CCn1nccc1[C@H](C)NC(=O)c1cc2c(C)nn(-c3ccccc3)c2s1. The maximum absolute atomic E-state index is 12.8. The van der Waals surface area contributed by atoms with Crippen molar-refractivity contribution in [3.63, 3.8) is 0 Å². The molecule has 3 aromatic heterocycles. The number of aryl methyl sites for hydroxylation is 2. The Balaban J connectivity index is 1.63. The lowest BCUT2D eigenvalue weighted by Gasteiger charge is -2.14. The first-order valence-electron chi connectivity index (χ1n) is 8.95. The van der Waals surface area contributed by atoms with E-state index in [0.717, 1.165) is 33.8 Å². The molecule has 0 aliphatic heterocycles. The summed E-state index contributed by atoms with van der Waals surface area (Å²) >= 11 is 1.46. The summed E-state index contributed by atoms with van der Waals surface area (Å²) in [5, 5.41) is 13.0. The molecule has 0 aliphatic carbocycles. The normalized spacial score (nSPS) is 12.4. The van der Waals surface area contributed by atoms with Crippen molar-refractivity contribution in [2.45, 2.75) is 33.4 Å². The number of amides is 1. The number of carbonyl (C=O) groups is 1. The molecule has 4 aromatic rings. The molecule has 1 aromatic carbocycles. The van der Waals surface area contributed by atoms with Crippen LogP contribution in [0.15, 0.2) is 48.7 Å². The highest BCUT2D eigenvalue weighted by Gasteiger charge is 2.19. The summed E-state index contributed by atoms with van der Waals surface area (Å²) in [7, 11) is 0. The number of fused-ring (bicyclic) bond motifs is 1. The minimum Gasteiger partial charge on any atom is -0.343 e. The van der Waals surface area contributed by atoms with Crippen LogP contribution < -0.4 is 5.32 Å². The van der Waals surface area contributed by atoms with Crippen LogP contribution in [0.4, 0.5) is 0 Å². The molecule has 7 heteroatoms. The lowest BCUT2D eigenvalue weighted by molar-refractivity contribution is 0.0942. The zero-order valence-corrected chi connectivity index (χ0v) is 16.3. The van der Waals surface area contributed by atoms with Crippen LogP contribution in [0.5, 0.6) is 0 Å². The summed E-state index contributed by atoms with van der Waals surface area (Å²) in [4.78, 5) is 14.5. The van der Waals surface area contributed by atoms with Crippen molar-refractivity contribution in [2.24, 2.45) is 0 Å². The van der Waals surface area contributed by atoms with Crippen molar-refractivity contribution in [1.29, 1.82) is 0 Å². The first-order chi connectivity index (χ1) is 13.1. The van der Waals surface area contributed by atoms with Gasteiger partial charge in [0.2, 0.25) is 0 Å². The van der Waals surface area contributed by atoms with E-state index in [1.165, 1.54) is 11.3 Å². The number of nitrogens with one attached hydrogen (secondary N) is 1. The van der Waals surface area contributed by atoms with Crippen molar-refractivity contribution in [3.8, 4) is 5.69 Å². The molecular formula is C20H21N5OS. The van der Waals surface area contributed by atoms with Gasteiger partial charge in [0.05, 0.1) is 28.0 Å². The van der Waals surface area contributed by atoms with E-state index in [9.17, 15) is 4.79 Å². The Hall–Kier alpha value is -2.93. The summed E-state index contributed by atoms with van der Waals surface area (Å²) in [5.41, 5.74) is 2.91. The van der Waals surface area contributed by atoms with E-state index in [1.54, 1.807) is 6.20 Å². The van der Waals surface area contributed by atoms with Crippen LogP contribution in [0.3, 0.4) is 0 Å². The number of hydrogen-bond donors (Lipinski definition) is 1. The summed E-state index contributed by atoms with van der Waals surface area (Å²) < 4.78 is 3.80. The number of para-hydroxylation sites is 1. The lowest BCUT2D eigenvalue weighted by Crippen LogP contribution is -2.27. The molecule has 0 saturated carbocycles. The second-order valence-corrected chi connectivity index (χ2v) is 7.46. The molecule has 0 bridgehead atoms. The Morgan fingerprint density at radius 3 is 2.78 bits per heavy atom. The van der Waals surface area contributed by atoms with Gasteiger partial charge in [-0.2, -0.15) is 10.2 Å². The third-order valence-corrected chi connectivity index (χ3v) is 5.72. The van der Waals surface area contributed by atoms with Crippen LogP contribution in [0.2, 0.25) is 0 Å². The molecule has 138 valence electrons. The Morgan fingerprint density at radius 2 is 2.04 bits per heavy atom. The predicted octanol–water partition coefficient (Wildman–Crippen LogP) is 4.10. The van der Waals surface area contributed by atoms with E-state index >= 15 is 0 Å². The van der Waals surface area contributed by atoms with Gasteiger partial charge in [0, 0.05) is 18.1 Å². The van der Waals surface area contributed by atoms with E-state index in [4.69, 9.17) is 0 Å². The van der Waals surface area contributed by atoms with Crippen LogP contribution >= 0.6 is 11.3 Å². The molecule has 1 atom stereocenters. The summed E-state index contributed by atoms with van der Waals surface area (Å²) in [6.45, 7) is 6.76. The first-order valence-corrected chi connectivity index (χ1v) is 9.77. The molecule has 27 heavy (non-hydrogen) atoms. The zero-order valence-electron chi connectivity index (χ0n) is 15.5. The van der Waals surface area contributed by atoms with Crippen molar-refractivity contribution >= 4 is 27.5 Å². The number of nitrogens with zero attached hydrogens (tertiary/aromatic N) is 4. The topological polar surface area (TPSA) is 64.7 Å². The number of hydrogen-bond acceptors (Lipinski definition) is 4. The maximum Gasteiger partial charge on any atom is 0.261 e. The van der Waals surface area contributed by atoms with Gasteiger partial charge < -0.3 is 5.32 Å². The Kier molecular flexibility index (Phi) is 4.53. The number of aromatic nitrogens is 4. The highest BCUT2D eigenvalue weighted by molar-refractivity contribution is 7.20. The minimum absolute atomic E-state index is 0.0773. The van der Waals surface area contributed by atoms with Gasteiger partial charge >= 0.3 is 0 Å². The Labute approximate surface area is 161 Å². The number of benzene rings is 1. The van der Waals surface area contributed by atoms with Gasteiger partial charge in [-0.1, -0.05) is 18.2 Å². The molecule has 6 nitrogen and oxygen atoms in total. The molecule has 0 spiro atoms. The van der Waals surface area contributed by atoms with Gasteiger partial charge in [-0.3, -0.25) is 9.48 Å². The summed E-state index contributed by atoms with van der Waals surface area (Å²) in [6, 6.07) is 13.7. The highest BCUT2D eigenvalue weighted by Crippen LogP contribution is 2.30. The number of carbonyl (C=O) groups excluding carboxylic acids is 1. The van der Waals surface area contributed by atoms with Gasteiger partial charge in [0.25, 0.3) is 5.91 Å². The quantitative estimate of drug-likeness (QED) is 0.568. The molecule has 0 unspecified atom stereocenters. The van der Waals surface area contributed by atoms with Crippen molar-refractivity contribution in [2.75, 3.05) is 0 Å². The zero-order chi connectivity index (χ0) is 19.0. The van der Waals surface area contributed by atoms with Crippen molar-refractivity contribution in [3.05, 3.63) is 64.9 Å². The van der Waals surface area contributed by atoms with E-state index in [0.29, 0.717) is 4.88 Å². The van der Waals surface area contributed by atoms with Gasteiger partial charge in [-0.05, 0) is 45.0 Å². The average molecular weight is 379 g/mol. The molecule has 0 fully saturated rings. The van der Waals surface area contributed by atoms with Gasteiger partial charge in [-0.15, -0.1) is 11.3 Å². The monoisotopic (exact) mass is 379 g/mol. The van der Waals surface area contributed by atoms with E-state index in [-0.39, 0.29) is 11.9 Å². The summed E-state index contributed by atoms with van der Waals surface area (Å²) in [5.74, 6) is -0.0773. The molecule has 4 rings (SSSR count). The fraction of sp³-hybridized carbons (Fsp3) is 0.250. The fourth-order valence-electron chi connectivity index (χ4n) is 3.22. The minimum atomic E-state index is -0.114. The van der Waals surface area contributed by atoms with Crippen molar-refractivity contribution < 1.29 is 4.79 Å². The van der Waals surface area contributed by atoms with Crippen LogP contribution in [0.25, 0.3) is 15.9 Å². The molecular weight excluding hydrogens is 358 g/mol. The van der Waals surface area contributed by atoms with E-state index < -0.39 is 0 Å². The third kappa shape index (κ3) is 3.14. The summed E-state index contributed by atoms with van der Waals surface area (Å²) in [6.07, 6.45) is 1.76.